The number of rotatable bonds is 4. The second kappa shape index (κ2) is 6.72. The first-order valence-corrected chi connectivity index (χ1v) is 10.6. The lowest BCUT2D eigenvalue weighted by Crippen LogP contribution is -2.48. The average molecular weight is 385 g/mol. The van der Waals surface area contributed by atoms with Gasteiger partial charge in [0.2, 0.25) is 0 Å². The molecule has 1 saturated heterocycles. The van der Waals surface area contributed by atoms with E-state index >= 15 is 0 Å². The van der Waals surface area contributed by atoms with E-state index in [4.69, 9.17) is 5.73 Å². The number of nitrogen functional groups attached to an aromatic ring is 1. The van der Waals surface area contributed by atoms with Crippen molar-refractivity contribution in [2.24, 2.45) is 0 Å². The third-order valence-electron chi connectivity index (χ3n) is 5.69. The Labute approximate surface area is 160 Å². The first-order valence-electron chi connectivity index (χ1n) is 9.50. The molecular formula is C18H23N7OS. The summed E-state index contributed by atoms with van der Waals surface area (Å²) in [7, 11) is -1.35. The van der Waals surface area contributed by atoms with Crippen LogP contribution < -0.4 is 5.73 Å². The molecule has 9 heteroatoms. The van der Waals surface area contributed by atoms with Crippen LogP contribution in [-0.2, 0) is 11.0 Å². The summed E-state index contributed by atoms with van der Waals surface area (Å²) < 4.78 is 19.2. The normalized spacial score (nSPS) is 20.7. The molecule has 27 heavy (non-hydrogen) atoms. The summed E-state index contributed by atoms with van der Waals surface area (Å²) in [5, 5.41) is 4.28. The minimum absolute atomic E-state index is 0.253. The standard InChI is InChI=1S/C18H23N7OS/c19-17-16(27(26)23-11-14(12-23)24-10-4-7-22-24)15-18(21-9-8-20-15)25(17)13-5-2-1-3-6-13/h4,7-10,13-14H,1-3,5-6,11-12,19H2. The second-order valence-corrected chi connectivity index (χ2v) is 8.76. The Morgan fingerprint density at radius 3 is 2.56 bits per heavy atom. The van der Waals surface area contributed by atoms with Crippen molar-refractivity contribution in [3.05, 3.63) is 30.9 Å². The van der Waals surface area contributed by atoms with Crippen molar-refractivity contribution in [3.63, 3.8) is 0 Å². The van der Waals surface area contributed by atoms with Gasteiger partial charge in [0, 0.05) is 43.9 Å². The largest absolute Gasteiger partial charge is 0.384 e. The van der Waals surface area contributed by atoms with Gasteiger partial charge >= 0.3 is 0 Å². The van der Waals surface area contributed by atoms with E-state index in [2.05, 4.69) is 19.6 Å². The number of nitrogens with two attached hydrogens (primary N) is 1. The lowest BCUT2D eigenvalue weighted by molar-refractivity contribution is 0.200. The van der Waals surface area contributed by atoms with Crippen LogP contribution in [0.3, 0.4) is 0 Å². The Kier molecular flexibility index (Phi) is 4.20. The Bertz CT molecular complexity index is 971. The van der Waals surface area contributed by atoms with Gasteiger partial charge in [-0.2, -0.15) is 5.10 Å². The zero-order valence-corrected chi connectivity index (χ0v) is 15.9. The van der Waals surface area contributed by atoms with Crippen LogP contribution in [0.4, 0.5) is 5.82 Å². The zero-order valence-electron chi connectivity index (χ0n) is 15.1. The van der Waals surface area contributed by atoms with Crippen LogP contribution in [0.1, 0.15) is 44.2 Å². The van der Waals surface area contributed by atoms with Crippen LogP contribution in [-0.4, -0.2) is 45.9 Å². The molecule has 142 valence electrons. The fraction of sp³-hybridized carbons (Fsp3) is 0.500. The summed E-state index contributed by atoms with van der Waals surface area (Å²) in [6.07, 6.45) is 12.9. The Balaban J connectivity index is 1.48. The van der Waals surface area contributed by atoms with Gasteiger partial charge in [0.1, 0.15) is 27.2 Å². The number of aromatic nitrogens is 5. The number of anilines is 1. The molecule has 2 N–H and O–H groups in total. The van der Waals surface area contributed by atoms with Crippen molar-refractivity contribution in [2.45, 2.75) is 49.1 Å². The van der Waals surface area contributed by atoms with Gasteiger partial charge in [0.15, 0.2) is 5.65 Å². The maximum absolute atomic E-state index is 13.3. The van der Waals surface area contributed by atoms with E-state index < -0.39 is 11.0 Å². The molecule has 3 aromatic heterocycles. The fourth-order valence-corrected chi connectivity index (χ4v) is 5.70. The number of hydrogen-bond donors (Lipinski definition) is 1. The lowest BCUT2D eigenvalue weighted by atomic mass is 9.95. The first-order chi connectivity index (χ1) is 13.2. The number of fused-ring (bicyclic) bond motifs is 1. The molecule has 0 amide bonds. The van der Waals surface area contributed by atoms with Gasteiger partial charge in [-0.05, 0) is 18.9 Å². The van der Waals surface area contributed by atoms with E-state index in [0.717, 1.165) is 18.5 Å². The third-order valence-corrected chi connectivity index (χ3v) is 7.21. The molecule has 1 aliphatic heterocycles. The van der Waals surface area contributed by atoms with Crippen LogP contribution in [0.2, 0.25) is 0 Å². The number of nitrogens with zero attached hydrogens (tertiary/aromatic N) is 6. The minimum Gasteiger partial charge on any atom is -0.384 e. The third kappa shape index (κ3) is 2.76. The molecule has 8 nitrogen and oxygen atoms in total. The molecule has 1 unspecified atom stereocenters. The van der Waals surface area contributed by atoms with Crippen molar-refractivity contribution in [1.29, 1.82) is 0 Å². The highest BCUT2D eigenvalue weighted by Crippen LogP contribution is 2.39. The molecule has 0 aromatic carbocycles. The van der Waals surface area contributed by atoms with Gasteiger partial charge in [-0.15, -0.1) is 0 Å². The summed E-state index contributed by atoms with van der Waals surface area (Å²) in [4.78, 5) is 9.63. The highest BCUT2D eigenvalue weighted by Gasteiger charge is 2.36. The van der Waals surface area contributed by atoms with E-state index in [1.54, 1.807) is 18.6 Å². The van der Waals surface area contributed by atoms with Crippen molar-refractivity contribution in [1.82, 2.24) is 28.6 Å². The van der Waals surface area contributed by atoms with Crippen molar-refractivity contribution >= 4 is 28.0 Å². The zero-order chi connectivity index (χ0) is 18.4. The van der Waals surface area contributed by atoms with Crippen LogP contribution in [0, 0.1) is 0 Å². The quantitative estimate of drug-likeness (QED) is 0.743. The lowest BCUT2D eigenvalue weighted by Gasteiger charge is -2.37. The monoisotopic (exact) mass is 385 g/mol. The van der Waals surface area contributed by atoms with Crippen LogP contribution >= 0.6 is 0 Å². The summed E-state index contributed by atoms with van der Waals surface area (Å²) in [6, 6.07) is 2.48. The van der Waals surface area contributed by atoms with E-state index in [-0.39, 0.29) is 6.04 Å². The van der Waals surface area contributed by atoms with Gasteiger partial charge in [-0.1, -0.05) is 19.3 Å². The fourth-order valence-electron chi connectivity index (χ4n) is 4.24. The molecule has 1 atom stereocenters. The maximum atomic E-state index is 13.3. The molecule has 1 saturated carbocycles. The molecular weight excluding hydrogens is 362 g/mol. The van der Waals surface area contributed by atoms with Crippen LogP contribution in [0.5, 0.6) is 0 Å². The molecule has 2 aliphatic rings. The predicted molar refractivity (Wildman–Crippen MR) is 103 cm³/mol. The van der Waals surface area contributed by atoms with Gasteiger partial charge < -0.3 is 10.3 Å². The summed E-state index contributed by atoms with van der Waals surface area (Å²) in [6.45, 7) is 1.37. The molecule has 0 bridgehead atoms. The Morgan fingerprint density at radius 1 is 1.04 bits per heavy atom. The van der Waals surface area contributed by atoms with Gasteiger partial charge in [0.25, 0.3) is 0 Å². The maximum Gasteiger partial charge on any atom is 0.161 e. The van der Waals surface area contributed by atoms with Crippen LogP contribution in [0.25, 0.3) is 11.2 Å². The topological polar surface area (TPSA) is 94.9 Å². The SMILES string of the molecule is Nc1c(S(=O)N2CC(n3cccn3)C2)c2nccnc2n1C1CCCCC1. The van der Waals surface area contributed by atoms with Gasteiger partial charge in [0.05, 0.1) is 6.04 Å². The van der Waals surface area contributed by atoms with Crippen molar-refractivity contribution < 1.29 is 4.21 Å². The predicted octanol–water partition coefficient (Wildman–Crippen LogP) is 2.29. The summed E-state index contributed by atoms with van der Waals surface area (Å²) >= 11 is 0. The number of hydrogen-bond acceptors (Lipinski definition) is 5. The molecule has 4 heterocycles. The highest BCUT2D eigenvalue weighted by atomic mass is 32.2. The highest BCUT2D eigenvalue weighted by molar-refractivity contribution is 7.83. The Hall–Kier alpha value is -2.26. The molecule has 1 aliphatic carbocycles. The van der Waals surface area contributed by atoms with Gasteiger partial charge in [-0.3, -0.25) is 4.68 Å². The molecule has 2 fully saturated rings. The molecule has 0 spiro atoms. The molecule has 5 rings (SSSR count). The molecule has 3 aromatic rings. The molecule has 0 radical (unpaired) electrons. The van der Waals surface area contributed by atoms with Crippen LogP contribution in [0.15, 0.2) is 35.7 Å². The summed E-state index contributed by atoms with van der Waals surface area (Å²) in [5.74, 6) is 0.559. The average Bonchev–Trinajstić information content (AvgIpc) is 3.26. The smallest absolute Gasteiger partial charge is 0.161 e. The second-order valence-electron chi connectivity index (χ2n) is 7.34. The van der Waals surface area contributed by atoms with Gasteiger partial charge in [-0.25, -0.2) is 18.5 Å². The van der Waals surface area contributed by atoms with E-state index in [0.29, 0.717) is 35.4 Å². The Morgan fingerprint density at radius 2 is 1.81 bits per heavy atom. The van der Waals surface area contributed by atoms with Crippen molar-refractivity contribution in [2.75, 3.05) is 18.8 Å². The van der Waals surface area contributed by atoms with Crippen molar-refractivity contribution in [3.8, 4) is 0 Å². The van der Waals surface area contributed by atoms with E-state index in [1.807, 2.05) is 21.3 Å². The summed E-state index contributed by atoms with van der Waals surface area (Å²) in [5.41, 5.74) is 7.97. The van der Waals surface area contributed by atoms with E-state index in [1.165, 1.54) is 19.3 Å². The van der Waals surface area contributed by atoms with E-state index in [9.17, 15) is 4.21 Å². The minimum atomic E-state index is -1.35. The first kappa shape index (κ1) is 16.9.